The number of imidazole rings is 1. The van der Waals surface area contributed by atoms with Crippen molar-refractivity contribution in [3.05, 3.63) is 41.6 Å². The quantitative estimate of drug-likeness (QED) is 0.615. The van der Waals surface area contributed by atoms with E-state index in [0.29, 0.717) is 24.5 Å². The summed E-state index contributed by atoms with van der Waals surface area (Å²) in [6, 6.07) is 3.43. The Hall–Kier alpha value is -2.41. The van der Waals surface area contributed by atoms with E-state index in [1.54, 1.807) is 23.2 Å². The second-order valence-corrected chi connectivity index (χ2v) is 4.79. The van der Waals surface area contributed by atoms with Gasteiger partial charge in [0.05, 0.1) is 6.54 Å². The minimum Gasteiger partial charge on any atom is -0.332 e. The van der Waals surface area contributed by atoms with Crippen LogP contribution in [0, 0.1) is 6.92 Å². The number of anilines is 1. The number of fused-ring (bicyclic) bond motifs is 1. The molecular weight excluding hydrogens is 256 g/mol. The second-order valence-electron chi connectivity index (χ2n) is 4.79. The van der Waals surface area contributed by atoms with Crippen LogP contribution in [-0.2, 0) is 13.1 Å². The van der Waals surface area contributed by atoms with Gasteiger partial charge >= 0.3 is 0 Å². The number of hydrazine groups is 1. The van der Waals surface area contributed by atoms with Crippen LogP contribution in [-0.4, -0.2) is 31.9 Å². The lowest BCUT2D eigenvalue weighted by Gasteiger charge is -2.27. The Morgan fingerprint density at radius 1 is 1.40 bits per heavy atom. The number of carbonyl (C=O) groups is 1. The molecule has 0 saturated heterocycles. The van der Waals surface area contributed by atoms with E-state index in [-0.39, 0.29) is 5.91 Å². The lowest BCUT2D eigenvalue weighted by molar-refractivity contribution is 0.0707. The van der Waals surface area contributed by atoms with E-state index >= 15 is 0 Å². The van der Waals surface area contributed by atoms with Crippen molar-refractivity contribution in [3.8, 4) is 0 Å². The fourth-order valence-electron chi connectivity index (χ4n) is 2.40. The molecule has 0 bridgehead atoms. The number of nitrogen functional groups attached to an aromatic ring is 1. The van der Waals surface area contributed by atoms with Gasteiger partial charge < -0.3 is 14.9 Å². The number of nitrogens with two attached hydrogens (primary N) is 1. The molecule has 0 atom stereocenters. The number of hydrogen-bond donors (Lipinski definition) is 2. The Kier molecular flexibility index (Phi) is 3.11. The van der Waals surface area contributed by atoms with Gasteiger partial charge in [-0.3, -0.25) is 4.79 Å². The number of carbonyl (C=O) groups excluding carboxylic acids is 1. The van der Waals surface area contributed by atoms with Crippen LogP contribution in [0.3, 0.4) is 0 Å². The van der Waals surface area contributed by atoms with Gasteiger partial charge in [0.15, 0.2) is 0 Å². The van der Waals surface area contributed by atoms with E-state index < -0.39 is 0 Å². The summed E-state index contributed by atoms with van der Waals surface area (Å²) in [7, 11) is 0. The molecule has 3 rings (SSSR count). The van der Waals surface area contributed by atoms with Crippen LogP contribution in [0.1, 0.15) is 21.9 Å². The van der Waals surface area contributed by atoms with Crippen molar-refractivity contribution in [1.82, 2.24) is 19.4 Å². The molecule has 1 aliphatic heterocycles. The largest absolute Gasteiger partial charge is 0.332 e. The first-order chi connectivity index (χ1) is 9.67. The number of amides is 1. The summed E-state index contributed by atoms with van der Waals surface area (Å²) in [6.45, 7) is 3.81. The van der Waals surface area contributed by atoms with Gasteiger partial charge in [-0.25, -0.2) is 15.8 Å². The predicted octanol–water partition coefficient (Wildman–Crippen LogP) is 0.528. The zero-order chi connectivity index (χ0) is 14.1. The molecule has 1 amide bonds. The molecule has 0 saturated carbocycles. The van der Waals surface area contributed by atoms with Crippen LogP contribution in [0.5, 0.6) is 0 Å². The van der Waals surface area contributed by atoms with Gasteiger partial charge in [-0.05, 0) is 19.1 Å². The topological polar surface area (TPSA) is 89.1 Å². The molecular formula is C13H16N6O. The lowest BCUT2D eigenvalue weighted by atomic mass is 10.2. The molecule has 0 aliphatic carbocycles. The third-order valence-electron chi connectivity index (χ3n) is 3.38. The Labute approximate surface area is 116 Å². The van der Waals surface area contributed by atoms with Crippen molar-refractivity contribution in [2.75, 3.05) is 12.0 Å². The molecule has 2 aromatic heterocycles. The number of rotatable bonds is 2. The van der Waals surface area contributed by atoms with E-state index in [1.807, 2.05) is 13.1 Å². The number of aryl methyl sites for hydroxylation is 1. The fraction of sp³-hybridized carbons (Fsp3) is 0.308. The van der Waals surface area contributed by atoms with Crippen molar-refractivity contribution in [3.63, 3.8) is 0 Å². The first-order valence-electron chi connectivity index (χ1n) is 6.42. The molecule has 0 spiro atoms. The maximum atomic E-state index is 12.5. The Balaban J connectivity index is 1.85. The summed E-state index contributed by atoms with van der Waals surface area (Å²) in [5.41, 5.74) is 3.82. The zero-order valence-corrected chi connectivity index (χ0v) is 11.2. The van der Waals surface area contributed by atoms with E-state index in [9.17, 15) is 4.79 Å². The number of hydrogen-bond acceptors (Lipinski definition) is 5. The van der Waals surface area contributed by atoms with Crippen molar-refractivity contribution in [2.45, 2.75) is 20.0 Å². The molecule has 3 N–H and O–H groups in total. The summed E-state index contributed by atoms with van der Waals surface area (Å²) in [6.07, 6.45) is 3.69. The Morgan fingerprint density at radius 3 is 3.05 bits per heavy atom. The van der Waals surface area contributed by atoms with Crippen molar-refractivity contribution < 1.29 is 4.79 Å². The molecule has 7 nitrogen and oxygen atoms in total. The van der Waals surface area contributed by atoms with Gasteiger partial charge in [-0.15, -0.1) is 0 Å². The maximum absolute atomic E-state index is 12.5. The van der Waals surface area contributed by atoms with Crippen LogP contribution in [0.15, 0.2) is 24.5 Å². The zero-order valence-electron chi connectivity index (χ0n) is 11.2. The predicted molar refractivity (Wildman–Crippen MR) is 73.8 cm³/mol. The molecule has 0 aromatic carbocycles. The van der Waals surface area contributed by atoms with Gasteiger partial charge in [-0.2, -0.15) is 0 Å². The number of aromatic nitrogens is 3. The minimum absolute atomic E-state index is 0.0266. The van der Waals surface area contributed by atoms with Gasteiger partial charge in [0, 0.05) is 36.7 Å². The summed E-state index contributed by atoms with van der Waals surface area (Å²) < 4.78 is 2.06. The van der Waals surface area contributed by atoms with Crippen LogP contribution in [0.4, 0.5) is 5.82 Å². The normalized spacial score (nSPS) is 14.0. The van der Waals surface area contributed by atoms with Crippen LogP contribution in [0.25, 0.3) is 0 Å². The number of pyridine rings is 1. The highest BCUT2D eigenvalue weighted by molar-refractivity contribution is 5.95. The van der Waals surface area contributed by atoms with Crippen LogP contribution >= 0.6 is 0 Å². The number of nitrogens with one attached hydrogen (secondary N) is 1. The summed E-state index contributed by atoms with van der Waals surface area (Å²) in [5.74, 6) is 6.74. The SMILES string of the molecule is Cc1cc(C(=O)N2CCn3ccnc3C2)cc(NN)n1. The van der Waals surface area contributed by atoms with E-state index in [2.05, 4.69) is 20.0 Å². The molecule has 20 heavy (non-hydrogen) atoms. The van der Waals surface area contributed by atoms with Crippen LogP contribution in [0.2, 0.25) is 0 Å². The summed E-state index contributed by atoms with van der Waals surface area (Å²) >= 11 is 0. The summed E-state index contributed by atoms with van der Waals surface area (Å²) in [5, 5.41) is 0. The molecule has 104 valence electrons. The maximum Gasteiger partial charge on any atom is 0.254 e. The molecule has 0 unspecified atom stereocenters. The van der Waals surface area contributed by atoms with E-state index in [0.717, 1.165) is 18.1 Å². The van der Waals surface area contributed by atoms with Crippen molar-refractivity contribution >= 4 is 11.7 Å². The molecule has 0 fully saturated rings. The van der Waals surface area contributed by atoms with Gasteiger partial charge in [0.25, 0.3) is 5.91 Å². The average Bonchev–Trinajstić information content (AvgIpc) is 2.93. The molecule has 3 heterocycles. The first-order valence-corrected chi connectivity index (χ1v) is 6.42. The highest BCUT2D eigenvalue weighted by atomic mass is 16.2. The molecule has 7 heteroatoms. The highest BCUT2D eigenvalue weighted by Gasteiger charge is 2.22. The van der Waals surface area contributed by atoms with Gasteiger partial charge in [-0.1, -0.05) is 0 Å². The third-order valence-corrected chi connectivity index (χ3v) is 3.38. The van der Waals surface area contributed by atoms with Gasteiger partial charge in [0.1, 0.15) is 11.6 Å². The highest BCUT2D eigenvalue weighted by Crippen LogP contribution is 2.16. The monoisotopic (exact) mass is 272 g/mol. The Morgan fingerprint density at radius 2 is 2.25 bits per heavy atom. The minimum atomic E-state index is -0.0266. The van der Waals surface area contributed by atoms with Crippen molar-refractivity contribution in [2.24, 2.45) is 5.84 Å². The lowest BCUT2D eigenvalue weighted by Crippen LogP contribution is -2.38. The number of nitrogens with zero attached hydrogens (tertiary/aromatic N) is 4. The molecule has 1 aliphatic rings. The van der Waals surface area contributed by atoms with Crippen LogP contribution < -0.4 is 11.3 Å². The molecule has 0 radical (unpaired) electrons. The first kappa shape index (κ1) is 12.6. The Bertz CT molecular complexity index is 650. The fourth-order valence-corrected chi connectivity index (χ4v) is 2.40. The third kappa shape index (κ3) is 2.23. The molecule has 2 aromatic rings. The van der Waals surface area contributed by atoms with E-state index in [1.165, 1.54) is 0 Å². The smallest absolute Gasteiger partial charge is 0.254 e. The van der Waals surface area contributed by atoms with E-state index in [4.69, 9.17) is 5.84 Å². The van der Waals surface area contributed by atoms with Crippen molar-refractivity contribution in [1.29, 1.82) is 0 Å². The average molecular weight is 272 g/mol. The second kappa shape index (κ2) is 4.93. The summed E-state index contributed by atoms with van der Waals surface area (Å²) in [4.78, 5) is 22.8. The standard InChI is InChI=1S/C13H16N6O/c1-9-6-10(7-11(16-9)17-14)13(20)19-5-4-18-3-2-15-12(18)8-19/h2-3,6-7H,4-5,8,14H2,1H3,(H,16,17). The van der Waals surface area contributed by atoms with Gasteiger partial charge in [0.2, 0.25) is 0 Å².